The fourth-order valence-electron chi connectivity index (χ4n) is 2.69. The van der Waals surface area contributed by atoms with Gasteiger partial charge in [-0.25, -0.2) is 4.79 Å². The summed E-state index contributed by atoms with van der Waals surface area (Å²) in [5, 5.41) is 9.63. The van der Waals surface area contributed by atoms with Gasteiger partial charge in [0.05, 0.1) is 30.2 Å². The third-order valence-corrected chi connectivity index (χ3v) is 4.01. The van der Waals surface area contributed by atoms with E-state index in [0.29, 0.717) is 17.2 Å². The van der Waals surface area contributed by atoms with E-state index in [1.165, 1.54) is 7.11 Å². The molecular formula is C15H22N2O3. The molecule has 1 aromatic rings. The number of carbonyl (C=O) groups excluding carboxylic acids is 1. The van der Waals surface area contributed by atoms with E-state index in [1.807, 2.05) is 6.92 Å². The monoisotopic (exact) mass is 278 g/mol. The standard InChI is InChI=1S/C15H22N2O3/c1-10(18)11-5-7-17(8-6-11)14-9-12(15(19)20-2)3-4-13(14)16/h3-4,9-11,18H,5-8,16H2,1-2H3. The van der Waals surface area contributed by atoms with E-state index in [9.17, 15) is 9.90 Å². The molecule has 1 saturated heterocycles. The molecule has 0 amide bonds. The summed E-state index contributed by atoms with van der Waals surface area (Å²) in [6.07, 6.45) is 1.59. The van der Waals surface area contributed by atoms with Crippen molar-refractivity contribution in [2.24, 2.45) is 5.92 Å². The number of nitrogens with two attached hydrogens (primary N) is 1. The topological polar surface area (TPSA) is 75.8 Å². The predicted molar refractivity (Wildman–Crippen MR) is 78.8 cm³/mol. The van der Waals surface area contributed by atoms with E-state index in [4.69, 9.17) is 10.5 Å². The van der Waals surface area contributed by atoms with Gasteiger partial charge in [-0.15, -0.1) is 0 Å². The molecule has 1 aromatic carbocycles. The molecule has 5 nitrogen and oxygen atoms in total. The van der Waals surface area contributed by atoms with Crippen molar-refractivity contribution in [2.75, 3.05) is 30.8 Å². The number of hydrogen-bond donors (Lipinski definition) is 2. The average molecular weight is 278 g/mol. The van der Waals surface area contributed by atoms with Gasteiger partial charge < -0.3 is 20.5 Å². The first kappa shape index (κ1) is 14.7. The molecule has 110 valence electrons. The lowest BCUT2D eigenvalue weighted by Gasteiger charge is -2.35. The van der Waals surface area contributed by atoms with Crippen LogP contribution in [0.1, 0.15) is 30.1 Å². The fraction of sp³-hybridized carbons (Fsp3) is 0.533. The van der Waals surface area contributed by atoms with Gasteiger partial charge in [0.25, 0.3) is 0 Å². The molecule has 1 atom stereocenters. The molecule has 0 saturated carbocycles. The highest BCUT2D eigenvalue weighted by Gasteiger charge is 2.24. The van der Waals surface area contributed by atoms with Gasteiger partial charge in [-0.3, -0.25) is 0 Å². The number of piperidine rings is 1. The van der Waals surface area contributed by atoms with E-state index in [2.05, 4.69) is 4.90 Å². The zero-order valence-corrected chi connectivity index (χ0v) is 12.0. The molecule has 5 heteroatoms. The molecule has 20 heavy (non-hydrogen) atoms. The molecular weight excluding hydrogens is 256 g/mol. The Morgan fingerprint density at radius 1 is 1.45 bits per heavy atom. The van der Waals surface area contributed by atoms with E-state index in [-0.39, 0.29) is 12.1 Å². The molecule has 2 rings (SSSR count). The van der Waals surface area contributed by atoms with Gasteiger partial charge >= 0.3 is 5.97 Å². The number of aliphatic hydroxyl groups is 1. The number of hydrogen-bond acceptors (Lipinski definition) is 5. The van der Waals surface area contributed by atoms with Crippen LogP contribution in [0.15, 0.2) is 18.2 Å². The Labute approximate surface area is 119 Å². The maximum absolute atomic E-state index is 11.6. The second-order valence-electron chi connectivity index (χ2n) is 5.33. The summed E-state index contributed by atoms with van der Waals surface area (Å²) in [5.74, 6) is -0.0126. The second kappa shape index (κ2) is 6.13. The molecule has 0 radical (unpaired) electrons. The van der Waals surface area contributed by atoms with Crippen molar-refractivity contribution in [3.8, 4) is 0 Å². The van der Waals surface area contributed by atoms with Crippen LogP contribution in [0.25, 0.3) is 0 Å². The number of nitrogens with zero attached hydrogens (tertiary/aromatic N) is 1. The summed E-state index contributed by atoms with van der Waals surface area (Å²) < 4.78 is 4.74. The normalized spacial score (nSPS) is 17.9. The lowest BCUT2D eigenvalue weighted by molar-refractivity contribution is 0.0601. The van der Waals surface area contributed by atoms with Gasteiger partial charge in [-0.1, -0.05) is 0 Å². The Bertz CT molecular complexity index is 480. The molecule has 1 aliphatic rings. The maximum Gasteiger partial charge on any atom is 0.337 e. The van der Waals surface area contributed by atoms with Crippen LogP contribution in [0.5, 0.6) is 0 Å². The van der Waals surface area contributed by atoms with Crippen LogP contribution < -0.4 is 10.6 Å². The molecule has 0 aromatic heterocycles. The molecule has 0 bridgehead atoms. The minimum atomic E-state index is -0.356. The number of aliphatic hydroxyl groups excluding tert-OH is 1. The van der Waals surface area contributed by atoms with Crippen LogP contribution in [0, 0.1) is 5.92 Å². The highest BCUT2D eigenvalue weighted by atomic mass is 16.5. The van der Waals surface area contributed by atoms with Crippen LogP contribution in [-0.4, -0.2) is 37.4 Å². The third-order valence-electron chi connectivity index (χ3n) is 4.01. The summed E-state index contributed by atoms with van der Waals surface area (Å²) >= 11 is 0. The first-order valence-electron chi connectivity index (χ1n) is 6.93. The van der Waals surface area contributed by atoms with E-state index >= 15 is 0 Å². The lowest BCUT2D eigenvalue weighted by atomic mass is 9.92. The van der Waals surface area contributed by atoms with Crippen molar-refractivity contribution in [1.82, 2.24) is 0 Å². The predicted octanol–water partition coefficient (Wildman–Crippen LogP) is 1.65. The molecule has 0 aliphatic carbocycles. The first-order chi connectivity index (χ1) is 9.52. The summed E-state index contributed by atoms with van der Waals surface area (Å²) in [7, 11) is 1.37. The van der Waals surface area contributed by atoms with Crippen molar-refractivity contribution in [3.05, 3.63) is 23.8 Å². The number of carbonyl (C=O) groups is 1. The molecule has 1 heterocycles. The molecule has 0 spiro atoms. The van der Waals surface area contributed by atoms with Crippen molar-refractivity contribution in [1.29, 1.82) is 0 Å². The van der Waals surface area contributed by atoms with Gasteiger partial charge in [-0.2, -0.15) is 0 Å². The van der Waals surface area contributed by atoms with Gasteiger partial charge in [0.2, 0.25) is 0 Å². The Morgan fingerprint density at radius 3 is 2.65 bits per heavy atom. The summed E-state index contributed by atoms with van der Waals surface area (Å²) in [6.45, 7) is 3.52. The first-order valence-corrected chi connectivity index (χ1v) is 6.93. The number of esters is 1. The smallest absolute Gasteiger partial charge is 0.337 e. The fourth-order valence-corrected chi connectivity index (χ4v) is 2.69. The number of ether oxygens (including phenoxy) is 1. The van der Waals surface area contributed by atoms with E-state index in [0.717, 1.165) is 31.6 Å². The highest BCUT2D eigenvalue weighted by molar-refractivity contribution is 5.92. The van der Waals surface area contributed by atoms with Crippen molar-refractivity contribution in [3.63, 3.8) is 0 Å². The number of methoxy groups -OCH3 is 1. The third kappa shape index (κ3) is 3.04. The zero-order valence-electron chi connectivity index (χ0n) is 12.0. The van der Waals surface area contributed by atoms with Gasteiger partial charge in [-0.05, 0) is 43.9 Å². The highest BCUT2D eigenvalue weighted by Crippen LogP contribution is 2.30. The Kier molecular flexibility index (Phi) is 4.49. The molecule has 1 unspecified atom stereocenters. The average Bonchev–Trinajstić information content (AvgIpc) is 2.47. The quantitative estimate of drug-likeness (QED) is 0.649. The number of rotatable bonds is 3. The second-order valence-corrected chi connectivity index (χ2v) is 5.33. The van der Waals surface area contributed by atoms with Gasteiger partial charge in [0, 0.05) is 13.1 Å². The van der Waals surface area contributed by atoms with Crippen LogP contribution in [0.4, 0.5) is 11.4 Å². The zero-order chi connectivity index (χ0) is 14.7. The van der Waals surface area contributed by atoms with Crippen LogP contribution in [0.3, 0.4) is 0 Å². The lowest BCUT2D eigenvalue weighted by Crippen LogP contribution is -2.37. The number of anilines is 2. The van der Waals surface area contributed by atoms with Crippen LogP contribution in [0.2, 0.25) is 0 Å². The van der Waals surface area contributed by atoms with Crippen LogP contribution in [-0.2, 0) is 4.74 Å². The minimum Gasteiger partial charge on any atom is -0.465 e. The molecule has 1 fully saturated rings. The Morgan fingerprint density at radius 2 is 2.10 bits per heavy atom. The Hall–Kier alpha value is -1.75. The Balaban J connectivity index is 2.15. The summed E-state index contributed by atoms with van der Waals surface area (Å²) in [4.78, 5) is 13.8. The largest absolute Gasteiger partial charge is 0.465 e. The van der Waals surface area contributed by atoms with Crippen molar-refractivity contribution >= 4 is 17.3 Å². The van der Waals surface area contributed by atoms with Crippen molar-refractivity contribution < 1.29 is 14.6 Å². The van der Waals surface area contributed by atoms with Crippen LogP contribution >= 0.6 is 0 Å². The summed E-state index contributed by atoms with van der Waals surface area (Å²) in [6, 6.07) is 5.19. The SMILES string of the molecule is COC(=O)c1ccc(N)c(N2CCC(C(C)O)CC2)c1. The molecule has 3 N–H and O–H groups in total. The minimum absolute atomic E-state index is 0.268. The van der Waals surface area contributed by atoms with E-state index in [1.54, 1.807) is 18.2 Å². The van der Waals surface area contributed by atoms with Crippen molar-refractivity contribution in [2.45, 2.75) is 25.9 Å². The summed E-state index contributed by atoms with van der Waals surface area (Å²) in [5.41, 5.74) is 8.05. The van der Waals surface area contributed by atoms with Gasteiger partial charge in [0.1, 0.15) is 0 Å². The van der Waals surface area contributed by atoms with E-state index < -0.39 is 0 Å². The number of nitrogen functional groups attached to an aromatic ring is 1. The van der Waals surface area contributed by atoms with Gasteiger partial charge in [0.15, 0.2) is 0 Å². The molecule has 1 aliphatic heterocycles. The maximum atomic E-state index is 11.6. The number of benzene rings is 1.